The molecule has 1 aliphatic rings. The Balaban J connectivity index is 2.21. The quantitative estimate of drug-likeness (QED) is 0.672. The van der Waals surface area contributed by atoms with Gasteiger partial charge in [0.2, 0.25) is 0 Å². The number of pyridine rings is 1. The average Bonchev–Trinajstić information content (AvgIpc) is 2.14. The summed E-state index contributed by atoms with van der Waals surface area (Å²) in [5.41, 5.74) is 1.72. The molecule has 3 nitrogen and oxygen atoms in total. The molecule has 0 amide bonds. The van der Waals surface area contributed by atoms with Crippen LogP contribution in [-0.4, -0.2) is 18.1 Å². The fourth-order valence-electron chi connectivity index (χ4n) is 1.65. The van der Waals surface area contributed by atoms with Crippen LogP contribution in [0.1, 0.15) is 41.1 Å². The fraction of sp³-hybridized carbons (Fsp3) is 0.455. The van der Waals surface area contributed by atoms with E-state index in [1.54, 1.807) is 6.20 Å². The second-order valence-corrected chi connectivity index (χ2v) is 3.63. The van der Waals surface area contributed by atoms with Gasteiger partial charge in [0.1, 0.15) is 0 Å². The van der Waals surface area contributed by atoms with E-state index in [2.05, 4.69) is 9.72 Å². The molecule has 0 radical (unpaired) electrons. The van der Waals surface area contributed by atoms with Gasteiger partial charge in [-0.2, -0.15) is 0 Å². The Hall–Kier alpha value is -1.38. The molecule has 0 atom stereocenters. The molecule has 1 aromatic heterocycles. The van der Waals surface area contributed by atoms with Crippen LogP contribution < -0.4 is 0 Å². The molecule has 0 unspecified atom stereocenters. The minimum atomic E-state index is -0.307. The summed E-state index contributed by atoms with van der Waals surface area (Å²) in [7, 11) is 1.39. The lowest BCUT2D eigenvalue weighted by molar-refractivity contribution is 0.0600. The first-order chi connectivity index (χ1) is 6.81. The predicted molar refractivity (Wildman–Crippen MR) is 52.2 cm³/mol. The van der Waals surface area contributed by atoms with Gasteiger partial charge in [0.15, 0.2) is 0 Å². The third kappa shape index (κ3) is 1.62. The van der Waals surface area contributed by atoms with Crippen molar-refractivity contribution >= 4 is 5.97 Å². The summed E-state index contributed by atoms with van der Waals surface area (Å²) in [5.74, 6) is 0.297. The summed E-state index contributed by atoms with van der Waals surface area (Å²) in [6.07, 6.45) is 7.11. The molecule has 0 aromatic carbocycles. The Bertz CT molecular complexity index is 345. The van der Waals surface area contributed by atoms with Crippen molar-refractivity contribution in [3.05, 3.63) is 29.6 Å². The number of ether oxygens (including phenoxy) is 1. The van der Waals surface area contributed by atoms with Crippen LogP contribution in [0.2, 0.25) is 0 Å². The predicted octanol–water partition coefficient (Wildman–Crippen LogP) is 2.14. The number of esters is 1. The summed E-state index contributed by atoms with van der Waals surface area (Å²) in [6.45, 7) is 0. The van der Waals surface area contributed by atoms with Gasteiger partial charge in [-0.3, -0.25) is 4.98 Å². The van der Waals surface area contributed by atoms with E-state index in [4.69, 9.17) is 0 Å². The molecule has 1 fully saturated rings. The van der Waals surface area contributed by atoms with E-state index in [0.717, 1.165) is 0 Å². The van der Waals surface area contributed by atoms with Crippen LogP contribution in [0.4, 0.5) is 0 Å². The van der Waals surface area contributed by atoms with Crippen molar-refractivity contribution in [1.29, 1.82) is 0 Å². The SMILES string of the molecule is COC(=O)c1cncc(C2CCC2)c1. The number of carbonyl (C=O) groups excluding carboxylic acids is 1. The topological polar surface area (TPSA) is 39.2 Å². The fourth-order valence-corrected chi connectivity index (χ4v) is 1.65. The standard InChI is InChI=1S/C11H13NO2/c1-14-11(13)10-5-9(6-12-7-10)8-3-2-4-8/h5-8H,2-4H2,1H3. The second kappa shape index (κ2) is 3.78. The summed E-state index contributed by atoms with van der Waals surface area (Å²) in [5, 5.41) is 0. The highest BCUT2D eigenvalue weighted by Crippen LogP contribution is 2.36. The summed E-state index contributed by atoms with van der Waals surface area (Å²) in [6, 6.07) is 1.89. The van der Waals surface area contributed by atoms with Gasteiger partial charge >= 0.3 is 5.97 Å². The zero-order valence-electron chi connectivity index (χ0n) is 8.19. The Morgan fingerprint density at radius 1 is 1.50 bits per heavy atom. The lowest BCUT2D eigenvalue weighted by atomic mass is 9.80. The highest BCUT2D eigenvalue weighted by molar-refractivity contribution is 5.89. The number of hydrogen-bond acceptors (Lipinski definition) is 3. The smallest absolute Gasteiger partial charge is 0.339 e. The van der Waals surface area contributed by atoms with Crippen LogP contribution in [0, 0.1) is 0 Å². The lowest BCUT2D eigenvalue weighted by Crippen LogP contribution is -2.11. The van der Waals surface area contributed by atoms with Gasteiger partial charge in [0.25, 0.3) is 0 Å². The van der Waals surface area contributed by atoms with Crippen LogP contribution in [0.5, 0.6) is 0 Å². The number of methoxy groups -OCH3 is 1. The zero-order chi connectivity index (χ0) is 9.97. The molecule has 74 valence electrons. The second-order valence-electron chi connectivity index (χ2n) is 3.63. The Labute approximate surface area is 83.1 Å². The van der Waals surface area contributed by atoms with E-state index >= 15 is 0 Å². The first-order valence-electron chi connectivity index (χ1n) is 4.84. The maximum absolute atomic E-state index is 11.2. The molecule has 0 N–H and O–H groups in total. The molecule has 0 bridgehead atoms. The van der Waals surface area contributed by atoms with Crippen LogP contribution in [-0.2, 0) is 4.74 Å². The third-order valence-electron chi connectivity index (χ3n) is 2.76. The van der Waals surface area contributed by atoms with Crippen molar-refractivity contribution in [2.75, 3.05) is 7.11 Å². The molecule has 2 rings (SSSR count). The number of hydrogen-bond donors (Lipinski definition) is 0. The minimum Gasteiger partial charge on any atom is -0.465 e. The van der Waals surface area contributed by atoms with Gasteiger partial charge in [0, 0.05) is 12.4 Å². The first-order valence-corrected chi connectivity index (χ1v) is 4.84. The van der Waals surface area contributed by atoms with Gasteiger partial charge in [-0.25, -0.2) is 4.79 Å². The molecule has 14 heavy (non-hydrogen) atoms. The van der Waals surface area contributed by atoms with E-state index in [9.17, 15) is 4.79 Å². The van der Waals surface area contributed by atoms with Crippen LogP contribution in [0.3, 0.4) is 0 Å². The zero-order valence-corrected chi connectivity index (χ0v) is 8.19. The minimum absolute atomic E-state index is 0.307. The lowest BCUT2D eigenvalue weighted by Gasteiger charge is -2.25. The largest absolute Gasteiger partial charge is 0.465 e. The maximum Gasteiger partial charge on any atom is 0.339 e. The van der Waals surface area contributed by atoms with Crippen molar-refractivity contribution in [1.82, 2.24) is 4.98 Å². The van der Waals surface area contributed by atoms with Crippen molar-refractivity contribution in [2.24, 2.45) is 0 Å². The molecule has 0 spiro atoms. The van der Waals surface area contributed by atoms with Crippen LogP contribution in [0.25, 0.3) is 0 Å². The normalized spacial score (nSPS) is 16.1. The van der Waals surface area contributed by atoms with Crippen molar-refractivity contribution in [3.63, 3.8) is 0 Å². The Kier molecular flexibility index (Phi) is 2.48. The molecule has 1 aliphatic carbocycles. The summed E-state index contributed by atoms with van der Waals surface area (Å²) < 4.78 is 4.64. The van der Waals surface area contributed by atoms with Crippen molar-refractivity contribution in [2.45, 2.75) is 25.2 Å². The van der Waals surface area contributed by atoms with Crippen LogP contribution >= 0.6 is 0 Å². The summed E-state index contributed by atoms with van der Waals surface area (Å²) >= 11 is 0. The molecule has 1 saturated carbocycles. The van der Waals surface area contributed by atoms with Crippen molar-refractivity contribution < 1.29 is 9.53 Å². The van der Waals surface area contributed by atoms with Gasteiger partial charge in [-0.1, -0.05) is 6.42 Å². The summed E-state index contributed by atoms with van der Waals surface area (Å²) in [4.78, 5) is 15.3. The first kappa shape index (κ1) is 9.19. The van der Waals surface area contributed by atoms with Crippen molar-refractivity contribution in [3.8, 4) is 0 Å². The van der Waals surface area contributed by atoms with Gasteiger partial charge < -0.3 is 4.74 Å². The highest BCUT2D eigenvalue weighted by Gasteiger charge is 2.20. The molecule has 0 aliphatic heterocycles. The molecule has 3 heteroatoms. The van der Waals surface area contributed by atoms with Gasteiger partial charge in [0.05, 0.1) is 12.7 Å². The molecule has 0 saturated heterocycles. The van der Waals surface area contributed by atoms with E-state index in [-0.39, 0.29) is 5.97 Å². The maximum atomic E-state index is 11.2. The number of nitrogens with zero attached hydrogens (tertiary/aromatic N) is 1. The molecule has 1 heterocycles. The van der Waals surface area contributed by atoms with Gasteiger partial charge in [-0.15, -0.1) is 0 Å². The van der Waals surface area contributed by atoms with Crippen LogP contribution in [0.15, 0.2) is 18.5 Å². The Morgan fingerprint density at radius 3 is 2.86 bits per heavy atom. The average molecular weight is 191 g/mol. The third-order valence-corrected chi connectivity index (χ3v) is 2.76. The molecular weight excluding hydrogens is 178 g/mol. The number of rotatable bonds is 2. The monoisotopic (exact) mass is 191 g/mol. The van der Waals surface area contributed by atoms with Gasteiger partial charge in [-0.05, 0) is 30.4 Å². The number of aromatic nitrogens is 1. The molecular formula is C11H13NO2. The Morgan fingerprint density at radius 2 is 2.29 bits per heavy atom. The molecule has 1 aromatic rings. The van der Waals surface area contributed by atoms with E-state index in [1.165, 1.54) is 31.9 Å². The highest BCUT2D eigenvalue weighted by atomic mass is 16.5. The van der Waals surface area contributed by atoms with E-state index in [1.807, 2.05) is 12.3 Å². The van der Waals surface area contributed by atoms with E-state index < -0.39 is 0 Å². The number of carbonyl (C=O) groups is 1. The van der Waals surface area contributed by atoms with E-state index in [0.29, 0.717) is 11.5 Å².